The molecule has 124 valence electrons. The minimum Gasteiger partial charge on any atom is -0.372 e. The van der Waals surface area contributed by atoms with Crippen molar-refractivity contribution in [3.05, 3.63) is 34.4 Å². The van der Waals surface area contributed by atoms with E-state index in [1.807, 2.05) is 0 Å². The molecular formula is C11H13F3N2O5S. The van der Waals surface area contributed by atoms with E-state index in [-0.39, 0.29) is 19.6 Å². The van der Waals surface area contributed by atoms with Crippen LogP contribution in [-0.4, -0.2) is 39.3 Å². The molecule has 0 aliphatic rings. The predicted molar refractivity (Wildman–Crippen MR) is 69.8 cm³/mol. The summed E-state index contributed by atoms with van der Waals surface area (Å²) in [6, 6.07) is 4.76. The summed E-state index contributed by atoms with van der Waals surface area (Å²) in [5.41, 5.74) is -0.580. The number of rotatable bonds is 8. The third-order valence-electron chi connectivity index (χ3n) is 2.37. The maximum absolute atomic E-state index is 11.9. The third kappa shape index (κ3) is 5.95. The lowest BCUT2D eigenvalue weighted by atomic mass is 10.3. The number of nitro groups is 1. The molecule has 7 nitrogen and oxygen atoms in total. The Bertz CT molecular complexity index is 618. The van der Waals surface area contributed by atoms with E-state index in [4.69, 9.17) is 0 Å². The van der Waals surface area contributed by atoms with Crippen molar-refractivity contribution in [3.63, 3.8) is 0 Å². The van der Waals surface area contributed by atoms with E-state index < -0.39 is 38.3 Å². The van der Waals surface area contributed by atoms with Gasteiger partial charge >= 0.3 is 6.18 Å². The summed E-state index contributed by atoms with van der Waals surface area (Å²) in [6.07, 6.45) is -4.44. The average molecular weight is 342 g/mol. The fourth-order valence-electron chi connectivity index (χ4n) is 1.48. The lowest BCUT2D eigenvalue weighted by molar-refractivity contribution is -0.387. The molecule has 0 bridgehead atoms. The Labute approximate surface area is 124 Å². The van der Waals surface area contributed by atoms with Gasteiger partial charge in [0.2, 0.25) is 10.0 Å². The van der Waals surface area contributed by atoms with E-state index in [0.717, 1.165) is 12.1 Å². The maximum atomic E-state index is 11.9. The Balaban J connectivity index is 2.54. The smallest absolute Gasteiger partial charge is 0.372 e. The zero-order chi connectivity index (χ0) is 16.8. The molecule has 11 heteroatoms. The molecule has 1 rings (SSSR count). The van der Waals surface area contributed by atoms with Crippen molar-refractivity contribution >= 4 is 15.7 Å². The van der Waals surface area contributed by atoms with Gasteiger partial charge in [0, 0.05) is 19.2 Å². The Hall–Kier alpha value is -1.72. The van der Waals surface area contributed by atoms with Crippen molar-refractivity contribution in [1.82, 2.24) is 4.72 Å². The van der Waals surface area contributed by atoms with Crippen molar-refractivity contribution in [2.24, 2.45) is 0 Å². The molecule has 0 saturated heterocycles. The largest absolute Gasteiger partial charge is 0.411 e. The molecule has 0 atom stereocenters. The first-order chi connectivity index (χ1) is 10.1. The number of benzene rings is 1. The second-order valence-electron chi connectivity index (χ2n) is 4.14. The maximum Gasteiger partial charge on any atom is 0.411 e. The van der Waals surface area contributed by atoms with E-state index in [1.54, 1.807) is 0 Å². The van der Waals surface area contributed by atoms with Crippen LogP contribution in [0.1, 0.15) is 6.42 Å². The van der Waals surface area contributed by atoms with Crippen LogP contribution in [0.25, 0.3) is 0 Å². The van der Waals surface area contributed by atoms with Crippen molar-refractivity contribution in [2.75, 3.05) is 19.8 Å². The van der Waals surface area contributed by atoms with Gasteiger partial charge in [-0.05, 0) is 12.5 Å². The minimum atomic E-state index is -4.44. The molecule has 1 N–H and O–H groups in total. The fraction of sp³-hybridized carbons (Fsp3) is 0.455. The van der Waals surface area contributed by atoms with Crippen LogP contribution in [0, 0.1) is 10.1 Å². The van der Waals surface area contributed by atoms with Crippen molar-refractivity contribution < 1.29 is 31.2 Å². The molecule has 0 aliphatic heterocycles. The number of sulfonamides is 1. The lowest BCUT2D eigenvalue weighted by Crippen LogP contribution is -2.26. The molecule has 0 aliphatic carbocycles. The monoisotopic (exact) mass is 342 g/mol. The number of para-hydroxylation sites is 1. The number of halogens is 3. The van der Waals surface area contributed by atoms with Crippen molar-refractivity contribution in [3.8, 4) is 0 Å². The normalized spacial score (nSPS) is 12.3. The standard InChI is InChI=1S/C11H13F3N2O5S/c12-11(13,14)8-21-7-3-6-15-22(19,20)10-5-2-1-4-9(10)16(17)18/h1-2,4-5,15H,3,6-8H2. The molecule has 22 heavy (non-hydrogen) atoms. The highest BCUT2D eigenvalue weighted by Crippen LogP contribution is 2.22. The summed E-state index contributed by atoms with van der Waals surface area (Å²) in [6.45, 7) is -1.91. The second kappa shape index (κ2) is 7.51. The lowest BCUT2D eigenvalue weighted by Gasteiger charge is -2.09. The van der Waals surface area contributed by atoms with Gasteiger partial charge in [0.25, 0.3) is 5.69 Å². The number of nitrogens with one attached hydrogen (secondary N) is 1. The van der Waals surface area contributed by atoms with Crippen LogP contribution in [0.5, 0.6) is 0 Å². The molecule has 0 aromatic heterocycles. The van der Waals surface area contributed by atoms with Gasteiger partial charge in [0.05, 0.1) is 4.92 Å². The number of hydrogen-bond donors (Lipinski definition) is 1. The van der Waals surface area contributed by atoms with E-state index in [1.165, 1.54) is 12.1 Å². The molecule has 0 saturated carbocycles. The molecule has 0 amide bonds. The van der Waals surface area contributed by atoms with Crippen LogP contribution in [0.3, 0.4) is 0 Å². The average Bonchev–Trinajstić information content (AvgIpc) is 2.41. The molecule has 0 unspecified atom stereocenters. The van der Waals surface area contributed by atoms with Gasteiger partial charge < -0.3 is 4.74 Å². The molecule has 0 fully saturated rings. The zero-order valence-corrected chi connectivity index (χ0v) is 12.0. The molecule has 0 radical (unpaired) electrons. The quantitative estimate of drug-likeness (QED) is 0.441. The van der Waals surface area contributed by atoms with E-state index in [2.05, 4.69) is 9.46 Å². The Morgan fingerprint density at radius 2 is 1.91 bits per heavy atom. The topological polar surface area (TPSA) is 98.5 Å². The van der Waals surface area contributed by atoms with E-state index in [0.29, 0.717) is 0 Å². The zero-order valence-electron chi connectivity index (χ0n) is 11.2. The molecule has 0 spiro atoms. The molecule has 1 aromatic carbocycles. The highest BCUT2D eigenvalue weighted by molar-refractivity contribution is 7.89. The Morgan fingerprint density at radius 3 is 2.50 bits per heavy atom. The van der Waals surface area contributed by atoms with Gasteiger partial charge in [-0.25, -0.2) is 13.1 Å². The van der Waals surface area contributed by atoms with Crippen LogP contribution in [0.4, 0.5) is 18.9 Å². The van der Waals surface area contributed by atoms with Crippen LogP contribution in [0.2, 0.25) is 0 Å². The Morgan fingerprint density at radius 1 is 1.27 bits per heavy atom. The fourth-order valence-corrected chi connectivity index (χ4v) is 2.73. The minimum absolute atomic E-state index is 0.00403. The summed E-state index contributed by atoms with van der Waals surface area (Å²) in [5, 5.41) is 10.8. The summed E-state index contributed by atoms with van der Waals surface area (Å²) < 4.78 is 65.6. The van der Waals surface area contributed by atoms with E-state index in [9.17, 15) is 31.7 Å². The summed E-state index contributed by atoms with van der Waals surface area (Å²) in [5.74, 6) is 0. The molecule has 0 heterocycles. The number of hydrogen-bond acceptors (Lipinski definition) is 5. The molecular weight excluding hydrogens is 329 g/mol. The number of alkyl halides is 3. The summed E-state index contributed by atoms with van der Waals surface area (Å²) >= 11 is 0. The van der Waals surface area contributed by atoms with Crippen LogP contribution >= 0.6 is 0 Å². The van der Waals surface area contributed by atoms with Gasteiger partial charge in [0.1, 0.15) is 6.61 Å². The van der Waals surface area contributed by atoms with Gasteiger partial charge in [-0.3, -0.25) is 10.1 Å². The number of nitro benzene ring substituents is 1. The summed E-state index contributed by atoms with van der Waals surface area (Å²) in [4.78, 5) is 9.43. The first kappa shape index (κ1) is 18.3. The van der Waals surface area contributed by atoms with E-state index >= 15 is 0 Å². The third-order valence-corrected chi connectivity index (χ3v) is 3.88. The number of ether oxygens (including phenoxy) is 1. The second-order valence-corrected chi connectivity index (χ2v) is 5.88. The van der Waals surface area contributed by atoms with Crippen LogP contribution in [-0.2, 0) is 14.8 Å². The highest BCUT2D eigenvalue weighted by Gasteiger charge is 2.27. The van der Waals surface area contributed by atoms with Gasteiger partial charge in [0.15, 0.2) is 4.90 Å². The van der Waals surface area contributed by atoms with Crippen molar-refractivity contribution in [2.45, 2.75) is 17.5 Å². The first-order valence-corrected chi connectivity index (χ1v) is 7.49. The van der Waals surface area contributed by atoms with Gasteiger partial charge in [-0.15, -0.1) is 0 Å². The van der Waals surface area contributed by atoms with Gasteiger partial charge in [-0.1, -0.05) is 12.1 Å². The van der Waals surface area contributed by atoms with Crippen LogP contribution in [0.15, 0.2) is 29.2 Å². The molecule has 1 aromatic rings. The van der Waals surface area contributed by atoms with Crippen molar-refractivity contribution in [1.29, 1.82) is 0 Å². The van der Waals surface area contributed by atoms with Crippen LogP contribution < -0.4 is 4.72 Å². The highest BCUT2D eigenvalue weighted by atomic mass is 32.2. The predicted octanol–water partition coefficient (Wildman–Crippen LogP) is 1.84. The summed E-state index contributed by atoms with van der Waals surface area (Å²) in [7, 11) is -4.12. The first-order valence-electron chi connectivity index (χ1n) is 6.01. The number of nitrogens with zero attached hydrogens (tertiary/aromatic N) is 1. The SMILES string of the molecule is O=[N+]([O-])c1ccccc1S(=O)(=O)NCCCOCC(F)(F)F. The van der Waals surface area contributed by atoms with Gasteiger partial charge in [-0.2, -0.15) is 13.2 Å². The Kier molecular flexibility index (Phi) is 6.26.